The number of benzene rings is 2. The van der Waals surface area contributed by atoms with Crippen LogP contribution in [0.4, 0.5) is 0 Å². The van der Waals surface area contributed by atoms with Crippen LogP contribution >= 0.6 is 15.9 Å². The molecule has 2 atom stereocenters. The van der Waals surface area contributed by atoms with E-state index in [1.807, 2.05) is 6.07 Å². The molecule has 2 aromatic carbocycles. The van der Waals surface area contributed by atoms with Crippen molar-refractivity contribution in [2.45, 2.75) is 18.6 Å². The molecule has 0 unspecified atom stereocenters. The highest BCUT2D eigenvalue weighted by molar-refractivity contribution is 9.10. The summed E-state index contributed by atoms with van der Waals surface area (Å²) in [6, 6.07) is 18.7. The van der Waals surface area contributed by atoms with Gasteiger partial charge in [-0.3, -0.25) is 0 Å². The second-order valence-corrected chi connectivity index (χ2v) is 5.59. The second kappa shape index (κ2) is 5.72. The summed E-state index contributed by atoms with van der Waals surface area (Å²) in [5, 5.41) is 0. The highest BCUT2D eigenvalue weighted by Crippen LogP contribution is 2.34. The van der Waals surface area contributed by atoms with Crippen LogP contribution in [0.1, 0.15) is 29.8 Å². The fraction of sp³-hybridized carbons (Fsp3) is 0.176. The van der Waals surface area contributed by atoms with Gasteiger partial charge in [0.05, 0.1) is 6.10 Å². The van der Waals surface area contributed by atoms with Crippen molar-refractivity contribution in [3.63, 3.8) is 0 Å². The molecule has 0 aliphatic carbocycles. The van der Waals surface area contributed by atoms with E-state index in [0.29, 0.717) is 0 Å². The molecule has 96 valence electrons. The lowest BCUT2D eigenvalue weighted by molar-refractivity contribution is 0.00365. The smallest absolute Gasteiger partial charge is 0.101 e. The van der Waals surface area contributed by atoms with Crippen molar-refractivity contribution < 1.29 is 4.74 Å². The molecule has 2 heteroatoms. The summed E-state index contributed by atoms with van der Waals surface area (Å²) >= 11 is 3.46. The summed E-state index contributed by atoms with van der Waals surface area (Å²) in [6.45, 7) is 0. The Bertz CT molecular complexity index is 560. The normalized spacial score (nSPS) is 22.4. The molecular formula is C17H15BrO. The van der Waals surface area contributed by atoms with Crippen LogP contribution in [0.15, 0.2) is 71.2 Å². The minimum absolute atomic E-state index is 0.0482. The molecule has 0 radical (unpaired) electrons. The molecule has 1 aliphatic rings. The average Bonchev–Trinajstić information content (AvgIpc) is 2.49. The van der Waals surface area contributed by atoms with Crippen molar-refractivity contribution in [2.75, 3.05) is 0 Å². The van der Waals surface area contributed by atoms with Gasteiger partial charge in [0.1, 0.15) is 6.10 Å². The number of hydrogen-bond acceptors (Lipinski definition) is 1. The molecular weight excluding hydrogens is 300 g/mol. The highest BCUT2D eigenvalue weighted by atomic mass is 79.9. The Kier molecular flexibility index (Phi) is 3.81. The molecule has 1 nitrogen and oxygen atoms in total. The van der Waals surface area contributed by atoms with E-state index < -0.39 is 0 Å². The van der Waals surface area contributed by atoms with Crippen LogP contribution in [0.3, 0.4) is 0 Å². The summed E-state index contributed by atoms with van der Waals surface area (Å²) in [5.74, 6) is 0. The molecule has 1 aliphatic heterocycles. The Morgan fingerprint density at radius 3 is 2.37 bits per heavy atom. The SMILES string of the molecule is Brc1ccc([C@@H]2C=CC[C@H](c3ccccc3)O2)cc1. The van der Waals surface area contributed by atoms with Crippen molar-refractivity contribution in [2.24, 2.45) is 0 Å². The molecule has 0 amide bonds. The standard InChI is InChI=1S/C17H15BrO/c18-15-11-9-14(10-12-15)17-8-4-7-16(19-17)13-5-2-1-3-6-13/h1-6,8-12,16-17H,7H2/t16-,17+/m1/s1. The van der Waals surface area contributed by atoms with Crippen LogP contribution < -0.4 is 0 Å². The van der Waals surface area contributed by atoms with Crippen LogP contribution in [0.25, 0.3) is 0 Å². The van der Waals surface area contributed by atoms with Crippen molar-refractivity contribution >= 4 is 15.9 Å². The van der Waals surface area contributed by atoms with Gasteiger partial charge in [-0.05, 0) is 29.7 Å². The third-order valence-corrected chi connectivity index (χ3v) is 3.87. The molecule has 0 bridgehead atoms. The van der Waals surface area contributed by atoms with Crippen LogP contribution in [0.5, 0.6) is 0 Å². The maximum atomic E-state index is 6.20. The Morgan fingerprint density at radius 2 is 1.63 bits per heavy atom. The van der Waals surface area contributed by atoms with Gasteiger partial charge < -0.3 is 4.74 Å². The van der Waals surface area contributed by atoms with E-state index in [9.17, 15) is 0 Å². The van der Waals surface area contributed by atoms with Gasteiger partial charge in [0.15, 0.2) is 0 Å². The zero-order chi connectivity index (χ0) is 13.1. The Morgan fingerprint density at radius 1 is 0.895 bits per heavy atom. The highest BCUT2D eigenvalue weighted by Gasteiger charge is 2.20. The molecule has 0 aromatic heterocycles. The maximum Gasteiger partial charge on any atom is 0.101 e. The van der Waals surface area contributed by atoms with Crippen molar-refractivity contribution in [1.29, 1.82) is 0 Å². The molecule has 0 fully saturated rings. The van der Waals surface area contributed by atoms with Crippen LogP contribution in [0.2, 0.25) is 0 Å². The third kappa shape index (κ3) is 2.96. The Labute approximate surface area is 122 Å². The molecule has 19 heavy (non-hydrogen) atoms. The average molecular weight is 315 g/mol. The molecule has 2 aromatic rings. The predicted octanol–water partition coefficient (Wildman–Crippen LogP) is 5.21. The summed E-state index contributed by atoms with van der Waals surface area (Å²) in [5.41, 5.74) is 2.44. The maximum absolute atomic E-state index is 6.20. The molecule has 1 heterocycles. The summed E-state index contributed by atoms with van der Waals surface area (Å²) in [7, 11) is 0. The lowest BCUT2D eigenvalue weighted by atomic mass is 10.0. The first kappa shape index (κ1) is 12.6. The van der Waals surface area contributed by atoms with E-state index in [4.69, 9.17) is 4.74 Å². The zero-order valence-corrected chi connectivity index (χ0v) is 12.1. The number of rotatable bonds is 2. The summed E-state index contributed by atoms with van der Waals surface area (Å²) in [4.78, 5) is 0. The largest absolute Gasteiger partial charge is 0.361 e. The second-order valence-electron chi connectivity index (χ2n) is 4.67. The van der Waals surface area contributed by atoms with Gasteiger partial charge in [0.25, 0.3) is 0 Å². The van der Waals surface area contributed by atoms with Gasteiger partial charge >= 0.3 is 0 Å². The van der Waals surface area contributed by atoms with E-state index in [2.05, 4.69) is 76.6 Å². The third-order valence-electron chi connectivity index (χ3n) is 3.34. The summed E-state index contributed by atoms with van der Waals surface area (Å²) in [6.07, 6.45) is 5.50. The first-order chi connectivity index (χ1) is 9.33. The van der Waals surface area contributed by atoms with Crippen molar-refractivity contribution in [3.8, 4) is 0 Å². The first-order valence-corrected chi connectivity index (χ1v) is 7.25. The molecule has 0 spiro atoms. The minimum Gasteiger partial charge on any atom is -0.361 e. The molecule has 0 saturated carbocycles. The number of hydrogen-bond donors (Lipinski definition) is 0. The van der Waals surface area contributed by atoms with Crippen LogP contribution in [-0.2, 0) is 4.74 Å². The lowest BCUT2D eigenvalue weighted by Gasteiger charge is -2.26. The molecule has 3 rings (SSSR count). The fourth-order valence-electron chi connectivity index (χ4n) is 2.33. The van der Waals surface area contributed by atoms with Crippen molar-refractivity contribution in [1.82, 2.24) is 0 Å². The van der Waals surface area contributed by atoms with Gasteiger partial charge in [0.2, 0.25) is 0 Å². The summed E-state index contributed by atoms with van der Waals surface area (Å²) < 4.78 is 7.29. The quantitative estimate of drug-likeness (QED) is 0.691. The zero-order valence-electron chi connectivity index (χ0n) is 10.5. The van der Waals surface area contributed by atoms with Crippen molar-refractivity contribution in [3.05, 3.63) is 82.3 Å². The number of ether oxygens (including phenoxy) is 1. The Balaban J connectivity index is 1.80. The van der Waals surface area contributed by atoms with E-state index >= 15 is 0 Å². The lowest BCUT2D eigenvalue weighted by Crippen LogP contribution is -2.12. The van der Waals surface area contributed by atoms with E-state index in [-0.39, 0.29) is 12.2 Å². The van der Waals surface area contributed by atoms with Gasteiger partial charge in [0, 0.05) is 4.47 Å². The van der Waals surface area contributed by atoms with Crippen LogP contribution in [0, 0.1) is 0 Å². The predicted molar refractivity (Wildman–Crippen MR) is 80.9 cm³/mol. The Hall–Kier alpha value is -1.38. The van der Waals surface area contributed by atoms with Crippen LogP contribution in [-0.4, -0.2) is 0 Å². The fourth-order valence-corrected chi connectivity index (χ4v) is 2.59. The minimum atomic E-state index is 0.0482. The van der Waals surface area contributed by atoms with Gasteiger partial charge in [-0.25, -0.2) is 0 Å². The van der Waals surface area contributed by atoms with E-state index in [1.54, 1.807) is 0 Å². The van der Waals surface area contributed by atoms with E-state index in [1.165, 1.54) is 11.1 Å². The van der Waals surface area contributed by atoms with Gasteiger partial charge in [-0.2, -0.15) is 0 Å². The number of halogens is 1. The molecule has 0 saturated heterocycles. The monoisotopic (exact) mass is 314 g/mol. The first-order valence-electron chi connectivity index (χ1n) is 6.45. The van der Waals surface area contributed by atoms with E-state index in [0.717, 1.165) is 10.9 Å². The van der Waals surface area contributed by atoms with Gasteiger partial charge in [-0.1, -0.05) is 70.5 Å². The topological polar surface area (TPSA) is 9.23 Å². The van der Waals surface area contributed by atoms with Gasteiger partial charge in [-0.15, -0.1) is 0 Å². The molecule has 0 N–H and O–H groups in total.